The lowest BCUT2D eigenvalue weighted by Crippen LogP contribution is -2.43. The SMILES string of the molecule is CC(C(=O)O)C(c1ccc2c(c1)OC(C1C[C@@H]3C[C@@H]1CN3C(C)c1cc(F)ccc1C(F)(F)F)CC2)C1CC1. The predicted molar refractivity (Wildman–Crippen MR) is 138 cm³/mol. The molecule has 5 unspecified atom stereocenters. The zero-order valence-electron chi connectivity index (χ0n) is 22.3. The maximum Gasteiger partial charge on any atom is 0.416 e. The van der Waals surface area contributed by atoms with Crippen molar-refractivity contribution in [2.75, 3.05) is 6.54 Å². The summed E-state index contributed by atoms with van der Waals surface area (Å²) < 4.78 is 61.6. The van der Waals surface area contributed by atoms with E-state index in [1.807, 2.05) is 0 Å². The Kier molecular flexibility index (Phi) is 6.68. The highest BCUT2D eigenvalue weighted by atomic mass is 19.4. The molecule has 39 heavy (non-hydrogen) atoms. The molecule has 2 bridgehead atoms. The van der Waals surface area contributed by atoms with Crippen LogP contribution >= 0.6 is 0 Å². The van der Waals surface area contributed by atoms with Crippen molar-refractivity contribution in [1.29, 1.82) is 0 Å². The molecule has 2 heterocycles. The van der Waals surface area contributed by atoms with E-state index in [4.69, 9.17) is 4.74 Å². The van der Waals surface area contributed by atoms with Crippen LogP contribution in [-0.4, -0.2) is 34.7 Å². The summed E-state index contributed by atoms with van der Waals surface area (Å²) in [5, 5.41) is 9.67. The Balaban J connectivity index is 1.16. The number of carboxylic acid groups (broad SMARTS) is 1. The second-order valence-electron chi connectivity index (χ2n) is 12.2. The number of nitrogens with zero attached hydrogens (tertiary/aromatic N) is 1. The minimum Gasteiger partial charge on any atom is -0.490 e. The van der Waals surface area contributed by atoms with Gasteiger partial charge in [-0.2, -0.15) is 13.2 Å². The summed E-state index contributed by atoms with van der Waals surface area (Å²) in [6.45, 7) is 4.22. The van der Waals surface area contributed by atoms with E-state index >= 15 is 0 Å². The van der Waals surface area contributed by atoms with Gasteiger partial charge in [-0.3, -0.25) is 9.69 Å². The molecule has 0 radical (unpaired) electrons. The predicted octanol–water partition coefficient (Wildman–Crippen LogP) is 7.22. The molecule has 7 atom stereocenters. The highest BCUT2D eigenvalue weighted by Crippen LogP contribution is 2.51. The van der Waals surface area contributed by atoms with Gasteiger partial charge in [-0.1, -0.05) is 19.1 Å². The molecular formula is C31H35F4NO3. The van der Waals surface area contributed by atoms with Crippen LogP contribution in [0, 0.1) is 29.5 Å². The number of carbonyl (C=O) groups is 1. The van der Waals surface area contributed by atoms with Crippen LogP contribution in [0.3, 0.4) is 0 Å². The molecule has 0 spiro atoms. The lowest BCUT2D eigenvalue weighted by Gasteiger charge is -2.40. The van der Waals surface area contributed by atoms with Gasteiger partial charge in [0.1, 0.15) is 17.7 Å². The van der Waals surface area contributed by atoms with Gasteiger partial charge in [0, 0.05) is 24.5 Å². The van der Waals surface area contributed by atoms with Crippen molar-refractivity contribution in [2.24, 2.45) is 23.7 Å². The Morgan fingerprint density at radius 2 is 1.85 bits per heavy atom. The fourth-order valence-corrected chi connectivity index (χ4v) is 7.77. The maximum absolute atomic E-state index is 14.0. The van der Waals surface area contributed by atoms with E-state index in [9.17, 15) is 27.5 Å². The van der Waals surface area contributed by atoms with Crippen LogP contribution in [0.25, 0.3) is 0 Å². The Hall–Kier alpha value is -2.61. The van der Waals surface area contributed by atoms with Gasteiger partial charge in [-0.25, -0.2) is 4.39 Å². The molecule has 2 aromatic rings. The molecule has 4 aliphatic rings. The summed E-state index contributed by atoms with van der Waals surface area (Å²) in [5.74, 6) is 0.0104. The third kappa shape index (κ3) is 4.94. The Morgan fingerprint density at radius 1 is 1.08 bits per heavy atom. The minimum absolute atomic E-state index is 0.00257. The van der Waals surface area contributed by atoms with Crippen LogP contribution in [0.4, 0.5) is 17.6 Å². The fourth-order valence-electron chi connectivity index (χ4n) is 7.77. The number of hydrogen-bond acceptors (Lipinski definition) is 3. The Morgan fingerprint density at radius 3 is 2.49 bits per heavy atom. The molecule has 1 N–H and O–H groups in total. The number of halogens is 4. The minimum atomic E-state index is -4.53. The van der Waals surface area contributed by atoms with Gasteiger partial charge in [0.2, 0.25) is 0 Å². The van der Waals surface area contributed by atoms with Crippen molar-refractivity contribution >= 4 is 5.97 Å². The number of alkyl halides is 3. The monoisotopic (exact) mass is 545 g/mol. The van der Waals surface area contributed by atoms with Crippen molar-refractivity contribution in [3.8, 4) is 5.75 Å². The number of hydrogen-bond donors (Lipinski definition) is 1. The molecule has 1 saturated heterocycles. The first-order valence-electron chi connectivity index (χ1n) is 14.2. The molecular weight excluding hydrogens is 510 g/mol. The largest absolute Gasteiger partial charge is 0.490 e. The molecule has 2 aliphatic heterocycles. The number of carboxylic acids is 1. The van der Waals surface area contributed by atoms with Crippen LogP contribution in [-0.2, 0) is 17.4 Å². The summed E-state index contributed by atoms with van der Waals surface area (Å²) >= 11 is 0. The molecule has 2 aromatic carbocycles. The van der Waals surface area contributed by atoms with Crippen LogP contribution in [0.2, 0.25) is 0 Å². The van der Waals surface area contributed by atoms with Crippen molar-refractivity contribution < 1.29 is 32.2 Å². The first kappa shape index (κ1) is 26.6. The lowest BCUT2D eigenvalue weighted by atomic mass is 9.81. The summed E-state index contributed by atoms with van der Waals surface area (Å²) in [4.78, 5) is 13.9. The zero-order chi connectivity index (χ0) is 27.6. The summed E-state index contributed by atoms with van der Waals surface area (Å²) in [6.07, 6.45) is 1.19. The van der Waals surface area contributed by atoms with E-state index in [-0.39, 0.29) is 23.6 Å². The average Bonchev–Trinajstić information content (AvgIpc) is 3.51. The number of fused-ring (bicyclic) bond motifs is 3. The van der Waals surface area contributed by atoms with Gasteiger partial charge in [-0.15, -0.1) is 0 Å². The molecule has 4 nitrogen and oxygen atoms in total. The van der Waals surface area contributed by atoms with Gasteiger partial charge >= 0.3 is 12.1 Å². The van der Waals surface area contributed by atoms with Crippen LogP contribution in [0.5, 0.6) is 5.75 Å². The van der Waals surface area contributed by atoms with E-state index < -0.39 is 35.5 Å². The number of benzene rings is 2. The third-order valence-corrected chi connectivity index (χ3v) is 9.89. The zero-order valence-corrected chi connectivity index (χ0v) is 22.3. The van der Waals surface area contributed by atoms with Gasteiger partial charge in [0.25, 0.3) is 0 Å². The van der Waals surface area contributed by atoms with E-state index in [1.54, 1.807) is 13.8 Å². The summed E-state index contributed by atoms with van der Waals surface area (Å²) in [7, 11) is 0. The van der Waals surface area contributed by atoms with Crippen molar-refractivity contribution in [3.63, 3.8) is 0 Å². The van der Waals surface area contributed by atoms with Crippen molar-refractivity contribution in [3.05, 3.63) is 64.5 Å². The number of aryl methyl sites for hydroxylation is 1. The standard InChI is InChI=1S/C31H35F4NO3/c1-16(30(37)38)29(19-4-5-19)20-6-3-18-7-10-27(39-28(18)12-20)25-14-23-11-21(25)15-36(23)17(2)24-13-22(32)8-9-26(24)31(33,34)35/h3,6,8-9,12-13,16-17,19,21,23,25,27,29H,4-5,7,10-11,14-15H2,1-2H3,(H,37,38)/t16?,17?,21-,23+,25?,27?,29?/m1/s1. The maximum atomic E-state index is 14.0. The van der Waals surface area contributed by atoms with Crippen LogP contribution in [0.1, 0.15) is 80.2 Å². The summed E-state index contributed by atoms with van der Waals surface area (Å²) in [6, 6.07) is 8.61. The van der Waals surface area contributed by atoms with Gasteiger partial charge in [0.15, 0.2) is 0 Å². The average molecular weight is 546 g/mol. The highest BCUT2D eigenvalue weighted by Gasteiger charge is 2.50. The van der Waals surface area contributed by atoms with Gasteiger partial charge in [-0.05, 0) is 104 Å². The molecule has 3 fully saturated rings. The smallest absolute Gasteiger partial charge is 0.416 e. The number of ether oxygens (including phenoxy) is 1. The molecule has 0 aromatic heterocycles. The first-order chi connectivity index (χ1) is 18.5. The lowest BCUT2D eigenvalue weighted by molar-refractivity contribution is -0.142. The van der Waals surface area contributed by atoms with Crippen LogP contribution < -0.4 is 4.74 Å². The number of rotatable bonds is 7. The molecule has 6 rings (SSSR count). The fraction of sp³-hybridized carbons (Fsp3) is 0.581. The normalized spacial score (nSPS) is 29.0. The molecule has 210 valence electrons. The molecule has 2 saturated carbocycles. The van der Waals surface area contributed by atoms with Gasteiger partial charge < -0.3 is 9.84 Å². The summed E-state index contributed by atoms with van der Waals surface area (Å²) in [5.41, 5.74) is 1.43. The third-order valence-electron chi connectivity index (χ3n) is 9.89. The van der Waals surface area contributed by atoms with E-state index in [1.165, 1.54) is 0 Å². The molecule has 8 heteroatoms. The van der Waals surface area contributed by atoms with Gasteiger partial charge in [0.05, 0.1) is 11.5 Å². The quantitative estimate of drug-likeness (QED) is 0.373. The van der Waals surface area contributed by atoms with Crippen LogP contribution in [0.15, 0.2) is 36.4 Å². The molecule has 0 amide bonds. The Bertz CT molecular complexity index is 1260. The molecule has 2 aliphatic carbocycles. The van der Waals surface area contributed by atoms with E-state index in [2.05, 4.69) is 23.1 Å². The van der Waals surface area contributed by atoms with Crippen molar-refractivity contribution in [1.82, 2.24) is 4.90 Å². The number of piperidine rings is 1. The second kappa shape index (κ2) is 9.79. The van der Waals surface area contributed by atoms with E-state index in [0.717, 1.165) is 73.6 Å². The number of likely N-dealkylation sites (tertiary alicyclic amines) is 1. The van der Waals surface area contributed by atoms with E-state index in [0.29, 0.717) is 24.3 Å². The highest BCUT2D eigenvalue weighted by molar-refractivity contribution is 5.71. The number of aliphatic carboxylic acids is 1. The first-order valence-corrected chi connectivity index (χ1v) is 14.2. The second-order valence-corrected chi connectivity index (χ2v) is 12.2. The Labute approximate surface area is 226 Å². The van der Waals surface area contributed by atoms with Crippen molar-refractivity contribution in [2.45, 2.75) is 82.7 Å². The topological polar surface area (TPSA) is 49.8 Å².